The average Bonchev–Trinajstić information content (AvgIpc) is 2.94. The van der Waals surface area contributed by atoms with Crippen molar-refractivity contribution in [2.45, 2.75) is 32.7 Å². The third-order valence-electron chi connectivity index (χ3n) is 3.66. The Kier molecular flexibility index (Phi) is 6.54. The lowest BCUT2D eigenvalue weighted by molar-refractivity contribution is -0.151. The number of carbonyl (C=O) groups is 3. The smallest absolute Gasteiger partial charge is 0.420 e. The molecule has 1 unspecified atom stereocenters. The monoisotopic (exact) mass is 363 g/mol. The third-order valence-corrected chi connectivity index (χ3v) is 3.66. The molecule has 0 spiro atoms. The number of hydrogen-bond donors (Lipinski definition) is 2. The van der Waals surface area contributed by atoms with Crippen molar-refractivity contribution in [2.24, 2.45) is 0 Å². The maximum atomic E-state index is 12.1. The molecule has 0 aliphatic carbocycles. The number of hydrogen-bond acceptors (Lipinski definition) is 6. The molecular weight excluding hydrogens is 342 g/mol. The van der Waals surface area contributed by atoms with Gasteiger partial charge in [-0.1, -0.05) is 25.5 Å². The Balaban J connectivity index is 1.91. The minimum absolute atomic E-state index is 0.346. The molecule has 0 radical (unpaired) electrons. The number of fused-ring (bicyclic) bond motifs is 1. The summed E-state index contributed by atoms with van der Waals surface area (Å²) in [5.74, 6) is -2.25. The molecule has 9 heteroatoms. The molecule has 1 aromatic heterocycles. The summed E-state index contributed by atoms with van der Waals surface area (Å²) in [7, 11) is 0. The van der Waals surface area contributed by atoms with Crippen molar-refractivity contribution in [1.29, 1.82) is 0 Å². The number of unbranched alkanes of at least 4 members (excludes halogenated alkanes) is 1. The third kappa shape index (κ3) is 4.71. The molecule has 2 aromatic rings. The van der Waals surface area contributed by atoms with Crippen LogP contribution in [0.4, 0.5) is 4.79 Å². The van der Waals surface area contributed by atoms with Crippen LogP contribution in [0.1, 0.15) is 32.7 Å². The fourth-order valence-corrected chi connectivity index (χ4v) is 2.30. The van der Waals surface area contributed by atoms with Crippen LogP contribution in [0.5, 0.6) is 0 Å². The molecule has 9 nitrogen and oxygen atoms in total. The van der Waals surface area contributed by atoms with E-state index < -0.39 is 36.3 Å². The van der Waals surface area contributed by atoms with E-state index in [-0.39, 0.29) is 0 Å². The molecule has 26 heavy (non-hydrogen) atoms. The zero-order valence-electron chi connectivity index (χ0n) is 14.6. The highest BCUT2D eigenvalue weighted by Crippen LogP contribution is 2.17. The maximum absolute atomic E-state index is 12.1. The lowest BCUT2D eigenvalue weighted by Crippen LogP contribution is -2.42. The SMILES string of the molecule is CCCCNC(=O)NC(=O)COC(=O)C(C)n1c(=O)oc2ccccc21. The second-order valence-corrected chi connectivity index (χ2v) is 5.65. The Morgan fingerprint density at radius 2 is 2.00 bits per heavy atom. The van der Waals surface area contributed by atoms with Gasteiger partial charge in [0, 0.05) is 6.54 Å². The number of urea groups is 1. The maximum Gasteiger partial charge on any atom is 0.420 e. The molecule has 2 N–H and O–H groups in total. The molecule has 0 bridgehead atoms. The summed E-state index contributed by atoms with van der Waals surface area (Å²) in [4.78, 5) is 47.2. The van der Waals surface area contributed by atoms with E-state index in [1.807, 2.05) is 6.92 Å². The number of nitrogens with one attached hydrogen (secondary N) is 2. The zero-order chi connectivity index (χ0) is 19.1. The van der Waals surface area contributed by atoms with Crippen molar-refractivity contribution < 1.29 is 23.5 Å². The first-order chi connectivity index (χ1) is 12.4. The number of carbonyl (C=O) groups excluding carboxylic acids is 3. The van der Waals surface area contributed by atoms with Gasteiger partial charge in [0.1, 0.15) is 6.04 Å². The number of para-hydroxylation sites is 2. The first-order valence-corrected chi connectivity index (χ1v) is 8.28. The van der Waals surface area contributed by atoms with Gasteiger partial charge in [-0.3, -0.25) is 14.7 Å². The van der Waals surface area contributed by atoms with Gasteiger partial charge in [-0.2, -0.15) is 0 Å². The fourth-order valence-electron chi connectivity index (χ4n) is 2.30. The number of benzene rings is 1. The summed E-state index contributed by atoms with van der Waals surface area (Å²) in [6.45, 7) is 3.25. The van der Waals surface area contributed by atoms with Crippen molar-refractivity contribution in [3.05, 3.63) is 34.8 Å². The van der Waals surface area contributed by atoms with E-state index in [1.54, 1.807) is 24.3 Å². The van der Waals surface area contributed by atoms with Gasteiger partial charge in [-0.05, 0) is 25.5 Å². The largest absolute Gasteiger partial charge is 0.454 e. The first-order valence-electron chi connectivity index (χ1n) is 8.28. The van der Waals surface area contributed by atoms with Gasteiger partial charge in [0.15, 0.2) is 12.2 Å². The summed E-state index contributed by atoms with van der Waals surface area (Å²) in [6, 6.07) is 5.01. The second kappa shape index (κ2) is 8.84. The predicted octanol–water partition coefficient (Wildman–Crippen LogP) is 1.32. The molecule has 140 valence electrons. The van der Waals surface area contributed by atoms with Crippen molar-refractivity contribution in [2.75, 3.05) is 13.2 Å². The minimum Gasteiger partial charge on any atom is -0.454 e. The van der Waals surface area contributed by atoms with Crippen LogP contribution >= 0.6 is 0 Å². The molecule has 0 aliphatic heterocycles. The van der Waals surface area contributed by atoms with Gasteiger partial charge in [0.05, 0.1) is 5.52 Å². The Bertz CT molecular complexity index is 854. The lowest BCUT2D eigenvalue weighted by atomic mass is 10.3. The number of ether oxygens (including phenoxy) is 1. The highest BCUT2D eigenvalue weighted by atomic mass is 16.5. The van der Waals surface area contributed by atoms with Crippen LogP contribution in [0.2, 0.25) is 0 Å². The van der Waals surface area contributed by atoms with Gasteiger partial charge in [0.25, 0.3) is 5.91 Å². The number of amides is 3. The topological polar surface area (TPSA) is 120 Å². The Morgan fingerprint density at radius 3 is 2.73 bits per heavy atom. The summed E-state index contributed by atoms with van der Waals surface area (Å²) >= 11 is 0. The number of imide groups is 1. The number of aromatic nitrogens is 1. The van der Waals surface area contributed by atoms with E-state index in [4.69, 9.17) is 9.15 Å². The molecule has 2 rings (SSSR count). The van der Waals surface area contributed by atoms with Crippen LogP contribution in [-0.4, -0.2) is 35.6 Å². The summed E-state index contributed by atoms with van der Waals surface area (Å²) in [6.07, 6.45) is 1.70. The molecule has 0 saturated carbocycles. The van der Waals surface area contributed by atoms with Crippen molar-refractivity contribution in [3.63, 3.8) is 0 Å². The van der Waals surface area contributed by atoms with Crippen LogP contribution < -0.4 is 16.4 Å². The van der Waals surface area contributed by atoms with Gasteiger partial charge in [-0.15, -0.1) is 0 Å². The second-order valence-electron chi connectivity index (χ2n) is 5.65. The Hall–Kier alpha value is -3.10. The highest BCUT2D eigenvalue weighted by molar-refractivity contribution is 5.95. The molecule has 3 amide bonds. The molecule has 0 fully saturated rings. The first kappa shape index (κ1) is 19.2. The average molecular weight is 363 g/mol. The molecule has 1 atom stereocenters. The van der Waals surface area contributed by atoms with Crippen LogP contribution in [0.3, 0.4) is 0 Å². The van der Waals surface area contributed by atoms with E-state index in [0.717, 1.165) is 17.4 Å². The number of esters is 1. The molecule has 1 heterocycles. The van der Waals surface area contributed by atoms with E-state index in [2.05, 4.69) is 10.6 Å². The molecular formula is C17H21N3O6. The van der Waals surface area contributed by atoms with Crippen LogP contribution in [-0.2, 0) is 14.3 Å². The van der Waals surface area contributed by atoms with Crippen molar-refractivity contribution in [3.8, 4) is 0 Å². The van der Waals surface area contributed by atoms with E-state index in [9.17, 15) is 19.2 Å². The summed E-state index contributed by atoms with van der Waals surface area (Å²) in [5, 5.41) is 4.56. The van der Waals surface area contributed by atoms with Crippen LogP contribution in [0.25, 0.3) is 11.1 Å². The van der Waals surface area contributed by atoms with Crippen molar-refractivity contribution >= 4 is 29.0 Å². The van der Waals surface area contributed by atoms with Crippen molar-refractivity contribution in [1.82, 2.24) is 15.2 Å². The normalized spacial score (nSPS) is 11.8. The van der Waals surface area contributed by atoms with Gasteiger partial charge in [0.2, 0.25) is 0 Å². The van der Waals surface area contributed by atoms with E-state index in [0.29, 0.717) is 17.6 Å². The van der Waals surface area contributed by atoms with E-state index >= 15 is 0 Å². The Morgan fingerprint density at radius 1 is 1.27 bits per heavy atom. The quantitative estimate of drug-likeness (QED) is 0.566. The summed E-state index contributed by atoms with van der Waals surface area (Å²) < 4.78 is 11.1. The fraction of sp³-hybridized carbons (Fsp3) is 0.412. The van der Waals surface area contributed by atoms with Gasteiger partial charge < -0.3 is 14.5 Å². The lowest BCUT2D eigenvalue weighted by Gasteiger charge is -2.12. The predicted molar refractivity (Wildman–Crippen MR) is 92.6 cm³/mol. The highest BCUT2D eigenvalue weighted by Gasteiger charge is 2.23. The van der Waals surface area contributed by atoms with E-state index in [1.165, 1.54) is 6.92 Å². The Labute approximate surface area is 149 Å². The summed E-state index contributed by atoms with van der Waals surface area (Å²) in [5.41, 5.74) is 0.792. The number of nitrogens with zero attached hydrogens (tertiary/aromatic N) is 1. The number of oxazole rings is 1. The standard InChI is InChI=1S/C17H21N3O6/c1-3-4-9-18-16(23)19-14(21)10-25-15(22)11(2)20-12-7-5-6-8-13(12)26-17(20)24/h5-8,11H,3-4,9-10H2,1-2H3,(H2,18,19,21,23). The van der Waals surface area contributed by atoms with Crippen LogP contribution in [0.15, 0.2) is 33.5 Å². The number of rotatable bonds is 7. The molecule has 1 aromatic carbocycles. The van der Waals surface area contributed by atoms with Gasteiger partial charge in [-0.25, -0.2) is 14.4 Å². The minimum atomic E-state index is -0.989. The van der Waals surface area contributed by atoms with Gasteiger partial charge >= 0.3 is 17.8 Å². The molecule has 0 saturated heterocycles. The molecule has 0 aliphatic rings. The zero-order valence-corrected chi connectivity index (χ0v) is 14.6. The van der Waals surface area contributed by atoms with Crippen LogP contribution in [0, 0.1) is 0 Å².